The smallest absolute Gasteiger partial charge is 0.220 e. The monoisotopic (exact) mass is 326 g/mol. The Kier molecular flexibility index (Phi) is 4.59. The van der Waals surface area contributed by atoms with Gasteiger partial charge in [-0.3, -0.25) is 9.48 Å². The maximum Gasteiger partial charge on any atom is 0.220 e. The van der Waals surface area contributed by atoms with Gasteiger partial charge in [-0.1, -0.05) is 6.07 Å². The van der Waals surface area contributed by atoms with Crippen LogP contribution in [0.5, 0.6) is 0 Å². The molecule has 0 aliphatic rings. The predicted molar refractivity (Wildman–Crippen MR) is 91.5 cm³/mol. The van der Waals surface area contributed by atoms with Crippen LogP contribution in [0.15, 0.2) is 24.8 Å². The van der Waals surface area contributed by atoms with E-state index < -0.39 is 0 Å². The van der Waals surface area contributed by atoms with Crippen LogP contribution in [0, 0.1) is 13.8 Å². The lowest BCUT2D eigenvalue weighted by atomic mass is 10.1. The van der Waals surface area contributed by atoms with Gasteiger partial charge < -0.3 is 10.3 Å². The van der Waals surface area contributed by atoms with E-state index in [0.29, 0.717) is 19.4 Å². The third kappa shape index (κ3) is 3.61. The zero-order valence-electron chi connectivity index (χ0n) is 14.2. The Hall–Kier alpha value is -2.70. The Morgan fingerprint density at radius 3 is 2.96 bits per heavy atom. The summed E-state index contributed by atoms with van der Waals surface area (Å²) >= 11 is 0. The Morgan fingerprint density at radius 2 is 2.21 bits per heavy atom. The third-order valence-electron chi connectivity index (χ3n) is 4.15. The maximum absolute atomic E-state index is 12.1. The van der Waals surface area contributed by atoms with Gasteiger partial charge in [-0.15, -0.1) is 0 Å². The molecule has 0 aliphatic carbocycles. The molecule has 1 amide bonds. The minimum Gasteiger partial charge on any atom is -0.352 e. The highest BCUT2D eigenvalue weighted by molar-refractivity contribution is 5.80. The second kappa shape index (κ2) is 6.82. The standard InChI is InChI=1S/C17H22N6O/c1-11-4-5-14-17(13(11)3)22-15(21-14)6-7-16(24)20-12(2)8-23-10-18-9-19-23/h4-5,9-10,12H,6-8H2,1-3H3,(H,20,24)(H,21,22). The molecule has 0 aliphatic heterocycles. The molecular weight excluding hydrogens is 304 g/mol. The SMILES string of the molecule is Cc1ccc2[nH]c(CCC(=O)NC(C)Cn3cncn3)nc2c1C. The molecule has 7 heteroatoms. The van der Waals surface area contributed by atoms with Gasteiger partial charge in [0.05, 0.1) is 17.6 Å². The summed E-state index contributed by atoms with van der Waals surface area (Å²) in [6.07, 6.45) is 4.12. The van der Waals surface area contributed by atoms with E-state index in [1.165, 1.54) is 17.5 Å². The molecule has 2 aromatic heterocycles. The molecule has 2 N–H and O–H groups in total. The summed E-state index contributed by atoms with van der Waals surface area (Å²) < 4.78 is 1.70. The van der Waals surface area contributed by atoms with E-state index >= 15 is 0 Å². The molecule has 3 aromatic rings. The van der Waals surface area contributed by atoms with Gasteiger partial charge in [0.2, 0.25) is 5.91 Å². The first kappa shape index (κ1) is 16.2. The van der Waals surface area contributed by atoms with Crippen LogP contribution in [-0.2, 0) is 17.8 Å². The van der Waals surface area contributed by atoms with Crippen molar-refractivity contribution in [3.8, 4) is 0 Å². The molecule has 1 unspecified atom stereocenters. The van der Waals surface area contributed by atoms with E-state index in [2.05, 4.69) is 45.3 Å². The van der Waals surface area contributed by atoms with Gasteiger partial charge in [0.15, 0.2) is 0 Å². The number of H-pyrrole nitrogens is 1. The van der Waals surface area contributed by atoms with Gasteiger partial charge >= 0.3 is 0 Å². The Balaban J connectivity index is 1.55. The fourth-order valence-corrected chi connectivity index (χ4v) is 2.71. The quantitative estimate of drug-likeness (QED) is 0.724. The summed E-state index contributed by atoms with van der Waals surface area (Å²) in [7, 11) is 0. The van der Waals surface area contributed by atoms with Crippen LogP contribution in [0.25, 0.3) is 11.0 Å². The van der Waals surface area contributed by atoms with E-state index in [1.54, 1.807) is 11.0 Å². The zero-order chi connectivity index (χ0) is 17.1. The number of amides is 1. The highest BCUT2D eigenvalue weighted by Crippen LogP contribution is 2.19. The number of carbonyl (C=O) groups excluding carboxylic acids is 1. The summed E-state index contributed by atoms with van der Waals surface area (Å²) in [6, 6.07) is 4.12. The lowest BCUT2D eigenvalue weighted by Gasteiger charge is -2.13. The number of fused-ring (bicyclic) bond motifs is 1. The number of aromatic nitrogens is 5. The lowest BCUT2D eigenvalue weighted by Crippen LogP contribution is -2.35. The summed E-state index contributed by atoms with van der Waals surface area (Å²) in [6.45, 7) is 6.70. The van der Waals surface area contributed by atoms with E-state index in [1.807, 2.05) is 13.0 Å². The first-order valence-electron chi connectivity index (χ1n) is 8.09. The van der Waals surface area contributed by atoms with Crippen molar-refractivity contribution in [2.75, 3.05) is 0 Å². The number of hydrogen-bond acceptors (Lipinski definition) is 4. The number of nitrogens with one attached hydrogen (secondary N) is 2. The molecule has 3 rings (SSSR count). The van der Waals surface area contributed by atoms with Crippen molar-refractivity contribution in [1.29, 1.82) is 0 Å². The molecule has 1 atom stereocenters. The number of imidazole rings is 1. The number of benzene rings is 1. The topological polar surface area (TPSA) is 88.5 Å². The molecule has 0 spiro atoms. The summed E-state index contributed by atoms with van der Waals surface area (Å²) in [5, 5.41) is 7.01. The van der Waals surface area contributed by atoms with Crippen LogP contribution in [0.3, 0.4) is 0 Å². The molecular formula is C17H22N6O. The van der Waals surface area contributed by atoms with Crippen molar-refractivity contribution in [2.45, 2.75) is 46.2 Å². The highest BCUT2D eigenvalue weighted by Gasteiger charge is 2.11. The van der Waals surface area contributed by atoms with E-state index in [4.69, 9.17) is 0 Å². The number of hydrogen-bond donors (Lipinski definition) is 2. The van der Waals surface area contributed by atoms with E-state index in [0.717, 1.165) is 16.9 Å². The molecule has 0 bridgehead atoms. The Bertz CT molecular complexity index is 836. The van der Waals surface area contributed by atoms with Crippen molar-refractivity contribution in [2.24, 2.45) is 0 Å². The van der Waals surface area contributed by atoms with Crippen LogP contribution < -0.4 is 5.32 Å². The summed E-state index contributed by atoms with van der Waals surface area (Å²) in [5.74, 6) is 0.855. The van der Waals surface area contributed by atoms with Crippen molar-refractivity contribution in [1.82, 2.24) is 30.0 Å². The van der Waals surface area contributed by atoms with Crippen LogP contribution in [0.1, 0.15) is 30.3 Å². The van der Waals surface area contributed by atoms with Gasteiger partial charge in [0.25, 0.3) is 0 Å². The first-order valence-corrected chi connectivity index (χ1v) is 8.09. The summed E-state index contributed by atoms with van der Waals surface area (Å²) in [4.78, 5) is 23.9. The molecule has 7 nitrogen and oxygen atoms in total. The number of aromatic amines is 1. The molecule has 0 saturated carbocycles. The molecule has 0 saturated heterocycles. The maximum atomic E-state index is 12.1. The largest absolute Gasteiger partial charge is 0.352 e. The minimum atomic E-state index is -0.000215. The van der Waals surface area contributed by atoms with Gasteiger partial charge in [-0.2, -0.15) is 5.10 Å². The fourth-order valence-electron chi connectivity index (χ4n) is 2.71. The van der Waals surface area contributed by atoms with E-state index in [9.17, 15) is 4.79 Å². The Morgan fingerprint density at radius 1 is 1.38 bits per heavy atom. The minimum absolute atomic E-state index is 0.000215. The van der Waals surface area contributed by atoms with Gasteiger partial charge in [0, 0.05) is 18.9 Å². The van der Waals surface area contributed by atoms with Crippen LogP contribution in [-0.4, -0.2) is 36.7 Å². The van der Waals surface area contributed by atoms with Crippen molar-refractivity contribution in [3.63, 3.8) is 0 Å². The van der Waals surface area contributed by atoms with Crippen LogP contribution in [0.2, 0.25) is 0 Å². The van der Waals surface area contributed by atoms with E-state index in [-0.39, 0.29) is 11.9 Å². The van der Waals surface area contributed by atoms with Gasteiger partial charge in [-0.05, 0) is 38.0 Å². The molecule has 0 fully saturated rings. The van der Waals surface area contributed by atoms with Crippen molar-refractivity contribution < 1.29 is 4.79 Å². The molecule has 2 heterocycles. The number of nitrogens with zero attached hydrogens (tertiary/aromatic N) is 4. The molecule has 24 heavy (non-hydrogen) atoms. The van der Waals surface area contributed by atoms with Crippen LogP contribution in [0.4, 0.5) is 0 Å². The van der Waals surface area contributed by atoms with Crippen molar-refractivity contribution >= 4 is 16.9 Å². The normalized spacial score (nSPS) is 12.5. The van der Waals surface area contributed by atoms with Gasteiger partial charge in [0.1, 0.15) is 18.5 Å². The van der Waals surface area contributed by atoms with Gasteiger partial charge in [-0.25, -0.2) is 9.97 Å². The average molecular weight is 326 g/mol. The Labute approximate surface area is 140 Å². The second-order valence-corrected chi connectivity index (χ2v) is 6.17. The summed E-state index contributed by atoms with van der Waals surface area (Å²) in [5.41, 5.74) is 4.42. The predicted octanol–water partition coefficient (Wildman–Crippen LogP) is 1.91. The number of carbonyl (C=O) groups is 1. The first-order chi connectivity index (χ1) is 11.5. The van der Waals surface area contributed by atoms with Crippen molar-refractivity contribution in [3.05, 3.63) is 41.7 Å². The molecule has 0 radical (unpaired) electrons. The van der Waals surface area contributed by atoms with Crippen LogP contribution >= 0.6 is 0 Å². The number of aryl methyl sites for hydroxylation is 3. The highest BCUT2D eigenvalue weighted by atomic mass is 16.1. The molecule has 126 valence electrons. The fraction of sp³-hybridized carbons (Fsp3) is 0.412. The number of rotatable bonds is 6. The zero-order valence-corrected chi connectivity index (χ0v) is 14.2. The molecule has 1 aromatic carbocycles. The second-order valence-electron chi connectivity index (χ2n) is 6.17. The average Bonchev–Trinajstić information content (AvgIpc) is 3.18. The third-order valence-corrected chi connectivity index (χ3v) is 4.15. The lowest BCUT2D eigenvalue weighted by molar-refractivity contribution is -0.121.